The zero-order valence-corrected chi connectivity index (χ0v) is 17.8. The number of hydrogen-bond acceptors (Lipinski definition) is 3. The molecule has 1 aromatic carbocycles. The Morgan fingerprint density at radius 3 is 2.62 bits per heavy atom. The van der Waals surface area contributed by atoms with Gasteiger partial charge >= 0.3 is 0 Å². The predicted octanol–water partition coefficient (Wildman–Crippen LogP) is 3.14. The van der Waals surface area contributed by atoms with Gasteiger partial charge < -0.3 is 24.7 Å². The Morgan fingerprint density at radius 2 is 1.88 bits per heavy atom. The van der Waals surface area contributed by atoms with Crippen LogP contribution in [-0.2, 0) is 6.54 Å². The second-order valence-electron chi connectivity index (χ2n) is 5.49. The van der Waals surface area contributed by atoms with Gasteiger partial charge in [-0.2, -0.15) is 0 Å². The molecule has 1 heterocycles. The van der Waals surface area contributed by atoms with E-state index in [1.165, 1.54) is 0 Å². The van der Waals surface area contributed by atoms with Crippen LogP contribution in [0.1, 0.15) is 13.3 Å². The number of nitrogens with one attached hydrogen (secondary N) is 2. The van der Waals surface area contributed by atoms with Gasteiger partial charge in [-0.05, 0) is 31.2 Å². The topological polar surface area (TPSA) is 59.8 Å². The van der Waals surface area contributed by atoms with E-state index in [4.69, 9.17) is 9.47 Å². The molecule has 0 amide bonds. The maximum absolute atomic E-state index is 5.73. The van der Waals surface area contributed by atoms with Gasteiger partial charge in [0.15, 0.2) is 5.96 Å². The summed E-state index contributed by atoms with van der Waals surface area (Å²) in [5.74, 6) is 2.47. The largest absolute Gasteiger partial charge is 0.497 e. The fraction of sp³-hybridized carbons (Fsp3) is 0.421. The zero-order chi connectivity index (χ0) is 17.7. The van der Waals surface area contributed by atoms with Crippen LogP contribution in [0.2, 0.25) is 0 Å². The molecule has 0 aliphatic carbocycles. The van der Waals surface area contributed by atoms with Gasteiger partial charge in [-0.3, -0.25) is 4.99 Å². The lowest BCUT2D eigenvalue weighted by atomic mass is 10.3. The molecule has 0 spiro atoms. The van der Waals surface area contributed by atoms with Crippen molar-refractivity contribution in [2.45, 2.75) is 19.9 Å². The molecule has 0 saturated heterocycles. The molecular formula is C19H29IN4O2. The summed E-state index contributed by atoms with van der Waals surface area (Å²) >= 11 is 0. The number of nitrogens with zero attached hydrogens (tertiary/aromatic N) is 2. The van der Waals surface area contributed by atoms with Crippen LogP contribution < -0.4 is 20.1 Å². The second kappa shape index (κ2) is 13.3. The zero-order valence-electron chi connectivity index (χ0n) is 15.5. The van der Waals surface area contributed by atoms with Crippen molar-refractivity contribution in [2.75, 3.05) is 33.4 Å². The fourth-order valence-electron chi connectivity index (χ4n) is 2.30. The van der Waals surface area contributed by atoms with E-state index >= 15 is 0 Å². The summed E-state index contributed by atoms with van der Waals surface area (Å²) in [6.45, 7) is 5.99. The Bertz CT molecular complexity index is 632. The van der Waals surface area contributed by atoms with Crippen molar-refractivity contribution >= 4 is 29.9 Å². The summed E-state index contributed by atoms with van der Waals surface area (Å²) in [5, 5.41) is 6.60. The highest BCUT2D eigenvalue weighted by Crippen LogP contribution is 2.18. The molecule has 2 N–H and O–H groups in total. The van der Waals surface area contributed by atoms with Gasteiger partial charge in [0.2, 0.25) is 0 Å². The standard InChI is InChI=1S/C19H28N4O2.HI/c1-3-20-19(22-11-14-23-12-4-5-13-23)21-10-7-15-25-18-9-6-8-17(16-18)24-2;/h4-6,8-9,12-13,16H,3,7,10-11,14-15H2,1-2H3,(H2,20,21,22);1H. The molecule has 6 nitrogen and oxygen atoms in total. The first kappa shape index (κ1) is 22.1. The SMILES string of the molecule is CCNC(=NCCCOc1cccc(OC)c1)NCCn1cccc1.I. The van der Waals surface area contributed by atoms with E-state index < -0.39 is 0 Å². The summed E-state index contributed by atoms with van der Waals surface area (Å²) in [4.78, 5) is 4.58. The summed E-state index contributed by atoms with van der Waals surface area (Å²) in [6.07, 6.45) is 4.97. The lowest BCUT2D eigenvalue weighted by molar-refractivity contribution is 0.311. The van der Waals surface area contributed by atoms with Gasteiger partial charge in [0.05, 0.1) is 13.7 Å². The number of hydrogen-bond donors (Lipinski definition) is 2. The van der Waals surface area contributed by atoms with Crippen LogP contribution >= 0.6 is 24.0 Å². The molecule has 0 bridgehead atoms. The molecule has 0 saturated carbocycles. The fourth-order valence-corrected chi connectivity index (χ4v) is 2.30. The first-order chi connectivity index (χ1) is 12.3. The number of ether oxygens (including phenoxy) is 2. The van der Waals surface area contributed by atoms with E-state index in [2.05, 4.69) is 39.5 Å². The van der Waals surface area contributed by atoms with Crippen molar-refractivity contribution in [2.24, 2.45) is 4.99 Å². The third-order valence-corrected chi connectivity index (χ3v) is 3.56. The van der Waals surface area contributed by atoms with E-state index in [9.17, 15) is 0 Å². The van der Waals surface area contributed by atoms with Crippen molar-refractivity contribution in [3.8, 4) is 11.5 Å². The van der Waals surface area contributed by atoms with Crippen molar-refractivity contribution in [3.05, 3.63) is 48.8 Å². The average molecular weight is 472 g/mol. The molecular weight excluding hydrogens is 443 g/mol. The van der Waals surface area contributed by atoms with Crippen molar-refractivity contribution in [1.29, 1.82) is 0 Å². The summed E-state index contributed by atoms with van der Waals surface area (Å²) < 4.78 is 13.0. The molecule has 0 atom stereocenters. The highest BCUT2D eigenvalue weighted by molar-refractivity contribution is 14.0. The molecule has 7 heteroatoms. The number of guanidine groups is 1. The van der Waals surface area contributed by atoms with E-state index in [0.29, 0.717) is 13.2 Å². The third-order valence-electron chi connectivity index (χ3n) is 3.56. The Balaban J connectivity index is 0.00000338. The maximum Gasteiger partial charge on any atom is 0.191 e. The number of methoxy groups -OCH3 is 1. The normalized spacial score (nSPS) is 10.8. The third kappa shape index (κ3) is 8.46. The molecule has 0 aliphatic rings. The minimum absolute atomic E-state index is 0. The summed E-state index contributed by atoms with van der Waals surface area (Å²) in [5.41, 5.74) is 0. The van der Waals surface area contributed by atoms with Crippen molar-refractivity contribution < 1.29 is 9.47 Å². The summed E-state index contributed by atoms with van der Waals surface area (Å²) in [7, 11) is 1.65. The van der Waals surface area contributed by atoms with Gasteiger partial charge in [0, 0.05) is 51.1 Å². The Hall–Kier alpha value is -1.90. The van der Waals surface area contributed by atoms with Crippen LogP contribution in [0.3, 0.4) is 0 Å². The van der Waals surface area contributed by atoms with Crippen LogP contribution in [0.5, 0.6) is 11.5 Å². The van der Waals surface area contributed by atoms with Crippen LogP contribution in [-0.4, -0.2) is 43.9 Å². The first-order valence-corrected chi connectivity index (χ1v) is 8.71. The number of halogens is 1. The van der Waals surface area contributed by atoms with Gasteiger partial charge in [0.25, 0.3) is 0 Å². The van der Waals surface area contributed by atoms with E-state index in [1.807, 2.05) is 36.4 Å². The molecule has 1 aromatic heterocycles. The predicted molar refractivity (Wildman–Crippen MR) is 117 cm³/mol. The minimum Gasteiger partial charge on any atom is -0.497 e. The van der Waals surface area contributed by atoms with Crippen LogP contribution in [0, 0.1) is 0 Å². The van der Waals surface area contributed by atoms with Gasteiger partial charge in [0.1, 0.15) is 11.5 Å². The van der Waals surface area contributed by atoms with Crippen LogP contribution in [0.25, 0.3) is 0 Å². The van der Waals surface area contributed by atoms with Crippen molar-refractivity contribution in [1.82, 2.24) is 15.2 Å². The monoisotopic (exact) mass is 472 g/mol. The van der Waals surface area contributed by atoms with E-state index in [1.54, 1.807) is 7.11 Å². The second-order valence-corrected chi connectivity index (χ2v) is 5.49. The maximum atomic E-state index is 5.73. The van der Waals surface area contributed by atoms with Gasteiger partial charge in [-0.1, -0.05) is 6.07 Å². The molecule has 0 fully saturated rings. The lowest BCUT2D eigenvalue weighted by Gasteiger charge is -2.12. The highest BCUT2D eigenvalue weighted by atomic mass is 127. The molecule has 2 aromatic rings. The Kier molecular flexibility index (Phi) is 11.3. The number of aliphatic imine (C=N–C) groups is 1. The number of aromatic nitrogens is 1. The Morgan fingerprint density at radius 1 is 1.12 bits per heavy atom. The van der Waals surface area contributed by atoms with Gasteiger partial charge in [-0.15, -0.1) is 24.0 Å². The number of rotatable bonds is 10. The first-order valence-electron chi connectivity index (χ1n) is 8.71. The summed E-state index contributed by atoms with van der Waals surface area (Å²) in [6, 6.07) is 11.7. The number of benzene rings is 1. The molecule has 0 radical (unpaired) electrons. The average Bonchev–Trinajstić information content (AvgIpc) is 3.15. The highest BCUT2D eigenvalue weighted by Gasteiger charge is 1.98. The smallest absolute Gasteiger partial charge is 0.191 e. The Labute approximate surface area is 173 Å². The molecule has 0 aliphatic heterocycles. The van der Waals surface area contributed by atoms with Crippen LogP contribution in [0.4, 0.5) is 0 Å². The van der Waals surface area contributed by atoms with Gasteiger partial charge in [-0.25, -0.2) is 0 Å². The van der Waals surface area contributed by atoms with Crippen LogP contribution in [0.15, 0.2) is 53.8 Å². The lowest BCUT2D eigenvalue weighted by Crippen LogP contribution is -2.38. The molecule has 26 heavy (non-hydrogen) atoms. The van der Waals surface area contributed by atoms with E-state index in [-0.39, 0.29) is 24.0 Å². The quantitative estimate of drug-likeness (QED) is 0.242. The van der Waals surface area contributed by atoms with E-state index in [0.717, 1.165) is 43.5 Å². The van der Waals surface area contributed by atoms with Crippen molar-refractivity contribution in [3.63, 3.8) is 0 Å². The molecule has 144 valence electrons. The molecule has 2 rings (SSSR count). The molecule has 0 unspecified atom stereocenters. The minimum atomic E-state index is 0.